The molecule has 1 unspecified atom stereocenters. The minimum Gasteiger partial charge on any atom is -0.445 e. The van der Waals surface area contributed by atoms with E-state index in [1.807, 2.05) is 43.9 Å². The van der Waals surface area contributed by atoms with E-state index >= 15 is 0 Å². The lowest BCUT2D eigenvalue weighted by molar-refractivity contribution is 0.209. The van der Waals surface area contributed by atoms with Gasteiger partial charge in [-0.15, -0.1) is 0 Å². The summed E-state index contributed by atoms with van der Waals surface area (Å²) in [5.74, 6) is 2.70. The normalized spacial score (nSPS) is 17.5. The lowest BCUT2D eigenvalue weighted by Crippen LogP contribution is -2.39. The van der Waals surface area contributed by atoms with Crippen LogP contribution in [0.15, 0.2) is 35.1 Å². The lowest BCUT2D eigenvalue weighted by Gasteiger charge is -2.24. The Kier molecular flexibility index (Phi) is 4.38. The van der Waals surface area contributed by atoms with E-state index in [-0.39, 0.29) is 6.03 Å². The highest BCUT2D eigenvalue weighted by molar-refractivity contribution is 7.99. The molecule has 1 saturated heterocycles. The molecule has 1 aromatic carbocycles. The average molecular weight is 317 g/mol. The number of nitrogens with one attached hydrogen (secondary N) is 1. The Labute approximate surface area is 134 Å². The van der Waals surface area contributed by atoms with Gasteiger partial charge in [-0.1, -0.05) is 6.07 Å². The highest BCUT2D eigenvalue weighted by Gasteiger charge is 2.24. The number of nitrogens with zero attached hydrogens (tertiary/aromatic N) is 2. The molecule has 2 heterocycles. The van der Waals surface area contributed by atoms with Crippen LogP contribution in [0.1, 0.15) is 12.0 Å². The number of amides is 2. The maximum absolute atomic E-state index is 12.3. The average Bonchev–Trinajstić information content (AvgIpc) is 3.21. The van der Waals surface area contributed by atoms with E-state index in [0.717, 1.165) is 34.7 Å². The second-order valence-electron chi connectivity index (χ2n) is 5.43. The summed E-state index contributed by atoms with van der Waals surface area (Å²) in [5.41, 5.74) is 2.70. The molecule has 0 saturated carbocycles. The molecule has 0 spiro atoms. The largest absolute Gasteiger partial charge is 0.445 e. The number of hydrogen-bond donors (Lipinski definition) is 1. The molecule has 1 fully saturated rings. The van der Waals surface area contributed by atoms with Crippen LogP contribution in [0.3, 0.4) is 0 Å². The molecule has 0 radical (unpaired) electrons. The van der Waals surface area contributed by atoms with Crippen molar-refractivity contribution in [3.05, 3.63) is 36.2 Å². The molecule has 0 bridgehead atoms. The van der Waals surface area contributed by atoms with Crippen molar-refractivity contribution in [1.82, 2.24) is 9.88 Å². The second kappa shape index (κ2) is 6.44. The number of aromatic nitrogens is 1. The van der Waals surface area contributed by atoms with Crippen molar-refractivity contribution < 1.29 is 9.21 Å². The Morgan fingerprint density at radius 1 is 1.50 bits per heavy atom. The first-order chi connectivity index (χ1) is 10.6. The van der Waals surface area contributed by atoms with E-state index < -0.39 is 0 Å². The lowest BCUT2D eigenvalue weighted by atomic mass is 10.1. The monoisotopic (exact) mass is 317 g/mol. The topological polar surface area (TPSA) is 58.4 Å². The highest BCUT2D eigenvalue weighted by Crippen LogP contribution is 2.26. The first-order valence-corrected chi connectivity index (χ1v) is 8.42. The van der Waals surface area contributed by atoms with Crippen LogP contribution in [-0.4, -0.2) is 40.5 Å². The van der Waals surface area contributed by atoms with Gasteiger partial charge in [-0.25, -0.2) is 9.78 Å². The predicted octanol–water partition coefficient (Wildman–Crippen LogP) is 3.62. The minimum atomic E-state index is -0.0743. The smallest absolute Gasteiger partial charge is 0.321 e. The fourth-order valence-corrected chi connectivity index (χ4v) is 3.76. The summed E-state index contributed by atoms with van der Waals surface area (Å²) in [6, 6.07) is 6.00. The molecule has 2 amide bonds. The maximum atomic E-state index is 12.3. The van der Waals surface area contributed by atoms with E-state index in [0.29, 0.717) is 11.9 Å². The number of rotatable bonds is 3. The van der Waals surface area contributed by atoms with Gasteiger partial charge in [0.05, 0.1) is 6.20 Å². The van der Waals surface area contributed by atoms with Gasteiger partial charge in [-0.2, -0.15) is 11.8 Å². The predicted molar refractivity (Wildman–Crippen MR) is 89.2 cm³/mol. The summed E-state index contributed by atoms with van der Waals surface area (Å²) in [4.78, 5) is 18.3. The fraction of sp³-hybridized carbons (Fsp3) is 0.375. The molecule has 22 heavy (non-hydrogen) atoms. The molecular formula is C16H19N3O2S. The van der Waals surface area contributed by atoms with Crippen LogP contribution in [0.5, 0.6) is 0 Å². The van der Waals surface area contributed by atoms with Crippen LogP contribution in [0.4, 0.5) is 10.5 Å². The Bertz CT molecular complexity index is 651. The van der Waals surface area contributed by atoms with Gasteiger partial charge in [-0.05, 0) is 36.8 Å². The quantitative estimate of drug-likeness (QED) is 0.939. The van der Waals surface area contributed by atoms with Gasteiger partial charge >= 0.3 is 6.03 Å². The zero-order valence-electron chi connectivity index (χ0n) is 12.7. The van der Waals surface area contributed by atoms with E-state index in [4.69, 9.17) is 4.42 Å². The molecule has 116 valence electrons. The van der Waals surface area contributed by atoms with Gasteiger partial charge in [-0.3, -0.25) is 0 Å². The van der Waals surface area contributed by atoms with Crippen LogP contribution in [0.2, 0.25) is 0 Å². The van der Waals surface area contributed by atoms with Crippen molar-refractivity contribution in [1.29, 1.82) is 0 Å². The Morgan fingerprint density at radius 2 is 2.36 bits per heavy atom. The van der Waals surface area contributed by atoms with Gasteiger partial charge < -0.3 is 14.6 Å². The summed E-state index contributed by atoms with van der Waals surface area (Å²) in [6.45, 7) is 1.99. The molecule has 6 heteroatoms. The molecule has 1 N–H and O–H groups in total. The molecule has 1 aromatic heterocycles. The van der Waals surface area contributed by atoms with E-state index in [1.54, 1.807) is 17.4 Å². The Balaban J connectivity index is 1.75. The van der Waals surface area contributed by atoms with Gasteiger partial charge in [0.2, 0.25) is 5.89 Å². The highest BCUT2D eigenvalue weighted by atomic mass is 32.2. The zero-order chi connectivity index (χ0) is 15.5. The third-order valence-corrected chi connectivity index (χ3v) is 5.07. The Morgan fingerprint density at radius 3 is 3.05 bits per heavy atom. The Hall–Kier alpha value is -1.95. The van der Waals surface area contributed by atoms with Crippen molar-refractivity contribution in [3.8, 4) is 11.5 Å². The molecule has 1 aliphatic rings. The molecule has 3 rings (SSSR count). The third kappa shape index (κ3) is 3.11. The summed E-state index contributed by atoms with van der Waals surface area (Å²) in [7, 11) is 1.86. The van der Waals surface area contributed by atoms with Crippen molar-refractivity contribution in [2.24, 2.45) is 0 Å². The first kappa shape index (κ1) is 15.0. The molecule has 5 nitrogen and oxygen atoms in total. The number of carbonyl (C=O) groups is 1. The number of oxazole rings is 1. The molecule has 1 aliphatic heterocycles. The summed E-state index contributed by atoms with van der Waals surface area (Å²) < 4.78 is 5.35. The number of hydrogen-bond acceptors (Lipinski definition) is 4. The number of thioether (sulfide) groups is 1. The molecule has 2 aromatic rings. The summed E-state index contributed by atoms with van der Waals surface area (Å²) in [6.07, 6.45) is 4.22. The van der Waals surface area contributed by atoms with E-state index in [2.05, 4.69) is 10.3 Å². The standard InChI is InChI=1S/C16H19N3O2S/c1-11-3-4-12(9-14(11)15-17-6-7-21-15)18-16(20)19(2)13-5-8-22-10-13/h3-4,6-7,9,13H,5,8,10H2,1-2H3,(H,18,20). The summed E-state index contributed by atoms with van der Waals surface area (Å²) in [5, 5.41) is 2.96. The van der Waals surface area contributed by atoms with Gasteiger partial charge in [0, 0.05) is 30.1 Å². The first-order valence-electron chi connectivity index (χ1n) is 7.27. The minimum absolute atomic E-state index is 0.0743. The SMILES string of the molecule is Cc1ccc(NC(=O)N(C)C2CCSC2)cc1-c1ncco1. The van der Waals surface area contributed by atoms with Crippen LogP contribution in [0.25, 0.3) is 11.5 Å². The number of benzene rings is 1. The van der Waals surface area contributed by atoms with Crippen molar-refractivity contribution in [2.75, 3.05) is 23.9 Å². The van der Waals surface area contributed by atoms with E-state index in [1.165, 1.54) is 0 Å². The molecular weight excluding hydrogens is 298 g/mol. The molecule has 0 aliphatic carbocycles. The second-order valence-corrected chi connectivity index (χ2v) is 6.58. The summed E-state index contributed by atoms with van der Waals surface area (Å²) >= 11 is 1.89. The zero-order valence-corrected chi connectivity index (χ0v) is 13.5. The van der Waals surface area contributed by atoms with Gasteiger partial charge in [0.1, 0.15) is 6.26 Å². The van der Waals surface area contributed by atoms with Crippen molar-refractivity contribution in [3.63, 3.8) is 0 Å². The van der Waals surface area contributed by atoms with Crippen molar-refractivity contribution >= 4 is 23.5 Å². The van der Waals surface area contributed by atoms with Crippen molar-refractivity contribution in [2.45, 2.75) is 19.4 Å². The molecule has 1 atom stereocenters. The van der Waals surface area contributed by atoms with E-state index in [9.17, 15) is 4.79 Å². The van der Waals surface area contributed by atoms with Gasteiger partial charge in [0.15, 0.2) is 0 Å². The van der Waals surface area contributed by atoms with Crippen LogP contribution in [0, 0.1) is 6.92 Å². The number of anilines is 1. The third-order valence-electron chi connectivity index (χ3n) is 3.93. The van der Waals surface area contributed by atoms with Crippen LogP contribution < -0.4 is 5.32 Å². The van der Waals surface area contributed by atoms with Gasteiger partial charge in [0.25, 0.3) is 0 Å². The number of carbonyl (C=O) groups excluding carboxylic acids is 1. The fourth-order valence-electron chi connectivity index (χ4n) is 2.49. The number of aryl methyl sites for hydroxylation is 1. The van der Waals surface area contributed by atoms with Crippen LogP contribution >= 0.6 is 11.8 Å². The number of urea groups is 1. The maximum Gasteiger partial charge on any atom is 0.321 e. The van der Waals surface area contributed by atoms with Crippen LogP contribution in [-0.2, 0) is 0 Å².